The molecule has 1 N–H and O–H groups in total. The zero-order valence-corrected chi connectivity index (χ0v) is 11.3. The molecular weight excluding hydrogens is 236 g/mol. The first kappa shape index (κ1) is 13.3. The summed E-state index contributed by atoms with van der Waals surface area (Å²) in [5, 5.41) is 3.25. The van der Waals surface area contributed by atoms with Gasteiger partial charge in [-0.25, -0.2) is 4.98 Å². The van der Waals surface area contributed by atoms with Crippen molar-refractivity contribution in [3.8, 4) is 0 Å². The van der Waals surface area contributed by atoms with Crippen LogP contribution in [0.1, 0.15) is 34.8 Å². The van der Waals surface area contributed by atoms with Gasteiger partial charge in [0, 0.05) is 23.9 Å². The van der Waals surface area contributed by atoms with Gasteiger partial charge in [-0.2, -0.15) is 0 Å². The Kier molecular flexibility index (Phi) is 4.29. The number of hydrogen-bond acceptors (Lipinski definition) is 3. The maximum atomic E-state index is 12.3. The topological polar surface area (TPSA) is 42.0 Å². The molecule has 1 heterocycles. The first-order valence-corrected chi connectivity index (χ1v) is 6.52. The highest BCUT2D eigenvalue weighted by Gasteiger charge is 2.10. The molecule has 0 fully saturated rings. The Hall–Kier alpha value is -2.16. The van der Waals surface area contributed by atoms with Crippen molar-refractivity contribution in [2.75, 3.05) is 11.9 Å². The van der Waals surface area contributed by atoms with Gasteiger partial charge >= 0.3 is 0 Å². The number of rotatable bonds is 5. The summed E-state index contributed by atoms with van der Waals surface area (Å²) in [5.74, 6) is 0.865. The van der Waals surface area contributed by atoms with Crippen LogP contribution in [-0.4, -0.2) is 17.3 Å². The highest BCUT2D eigenvalue weighted by atomic mass is 16.1. The highest BCUT2D eigenvalue weighted by Crippen LogP contribution is 2.15. The van der Waals surface area contributed by atoms with Crippen LogP contribution < -0.4 is 5.32 Å². The molecule has 3 nitrogen and oxygen atoms in total. The number of carbonyl (C=O) groups excluding carboxylic acids is 1. The summed E-state index contributed by atoms with van der Waals surface area (Å²) >= 11 is 0. The minimum absolute atomic E-state index is 0.0123. The monoisotopic (exact) mass is 254 g/mol. The van der Waals surface area contributed by atoms with Crippen LogP contribution in [0.15, 0.2) is 42.6 Å². The zero-order valence-electron chi connectivity index (χ0n) is 11.3. The summed E-state index contributed by atoms with van der Waals surface area (Å²) in [6, 6.07) is 11.2. The van der Waals surface area contributed by atoms with Gasteiger partial charge in [-0.1, -0.05) is 37.3 Å². The normalized spacial score (nSPS) is 10.2. The number of carbonyl (C=O) groups is 1. The van der Waals surface area contributed by atoms with Crippen molar-refractivity contribution >= 4 is 11.6 Å². The van der Waals surface area contributed by atoms with Gasteiger partial charge in [-0.05, 0) is 25.0 Å². The molecule has 19 heavy (non-hydrogen) atoms. The third-order valence-corrected chi connectivity index (χ3v) is 2.92. The second-order valence-corrected chi connectivity index (χ2v) is 4.51. The van der Waals surface area contributed by atoms with Gasteiger partial charge in [0.1, 0.15) is 5.82 Å². The average Bonchev–Trinajstić information content (AvgIpc) is 2.46. The number of nitrogens with one attached hydrogen (secondary N) is 1. The van der Waals surface area contributed by atoms with Crippen molar-refractivity contribution in [1.82, 2.24) is 4.98 Å². The van der Waals surface area contributed by atoms with E-state index in [1.165, 1.54) is 0 Å². The largest absolute Gasteiger partial charge is 0.370 e. The SMILES string of the molecule is CCCNc1ncc(C(=O)c2ccccc2)cc1C. The smallest absolute Gasteiger partial charge is 0.194 e. The van der Waals surface area contributed by atoms with Crippen molar-refractivity contribution < 1.29 is 4.79 Å². The summed E-state index contributed by atoms with van der Waals surface area (Å²) in [5.41, 5.74) is 2.32. The number of nitrogens with zero attached hydrogens (tertiary/aromatic N) is 1. The Balaban J connectivity index is 2.22. The molecule has 1 aromatic heterocycles. The molecule has 0 atom stereocenters. The van der Waals surface area contributed by atoms with E-state index in [9.17, 15) is 4.79 Å². The van der Waals surface area contributed by atoms with E-state index in [0.29, 0.717) is 11.1 Å². The Labute approximate surface area is 113 Å². The van der Waals surface area contributed by atoms with E-state index in [1.807, 2.05) is 43.3 Å². The predicted molar refractivity (Wildman–Crippen MR) is 77.6 cm³/mol. The van der Waals surface area contributed by atoms with Gasteiger partial charge in [0.2, 0.25) is 0 Å². The Bertz CT molecular complexity index is 564. The average molecular weight is 254 g/mol. The van der Waals surface area contributed by atoms with Crippen LogP contribution >= 0.6 is 0 Å². The minimum Gasteiger partial charge on any atom is -0.370 e. The zero-order chi connectivity index (χ0) is 13.7. The lowest BCUT2D eigenvalue weighted by Crippen LogP contribution is -2.07. The number of benzene rings is 1. The van der Waals surface area contributed by atoms with Gasteiger partial charge in [0.05, 0.1) is 0 Å². The van der Waals surface area contributed by atoms with Gasteiger partial charge in [-0.15, -0.1) is 0 Å². The van der Waals surface area contributed by atoms with E-state index in [0.717, 1.165) is 24.3 Å². The molecule has 0 spiro atoms. The summed E-state index contributed by atoms with van der Waals surface area (Å²) < 4.78 is 0. The Morgan fingerprint density at radius 1 is 1.21 bits per heavy atom. The second-order valence-electron chi connectivity index (χ2n) is 4.51. The van der Waals surface area contributed by atoms with Gasteiger partial charge in [-0.3, -0.25) is 4.79 Å². The van der Waals surface area contributed by atoms with Crippen molar-refractivity contribution in [2.24, 2.45) is 0 Å². The summed E-state index contributed by atoms with van der Waals surface area (Å²) in [7, 11) is 0. The summed E-state index contributed by atoms with van der Waals surface area (Å²) in [6.45, 7) is 4.96. The molecule has 0 bridgehead atoms. The van der Waals surface area contributed by atoms with E-state index in [-0.39, 0.29) is 5.78 Å². The number of pyridine rings is 1. The minimum atomic E-state index is 0.0123. The van der Waals surface area contributed by atoms with Crippen molar-refractivity contribution in [3.05, 3.63) is 59.3 Å². The lowest BCUT2D eigenvalue weighted by molar-refractivity contribution is 0.103. The molecule has 0 unspecified atom stereocenters. The molecule has 1 aromatic carbocycles. The Morgan fingerprint density at radius 3 is 2.58 bits per heavy atom. The fraction of sp³-hybridized carbons (Fsp3) is 0.250. The number of anilines is 1. The number of hydrogen-bond donors (Lipinski definition) is 1. The molecule has 98 valence electrons. The highest BCUT2D eigenvalue weighted by molar-refractivity contribution is 6.08. The fourth-order valence-corrected chi connectivity index (χ4v) is 1.88. The van der Waals surface area contributed by atoms with E-state index in [4.69, 9.17) is 0 Å². The van der Waals surface area contributed by atoms with Crippen molar-refractivity contribution in [1.29, 1.82) is 0 Å². The number of ketones is 1. The lowest BCUT2D eigenvalue weighted by Gasteiger charge is -2.08. The molecule has 0 aliphatic carbocycles. The first-order chi connectivity index (χ1) is 9.22. The first-order valence-electron chi connectivity index (χ1n) is 6.52. The second kappa shape index (κ2) is 6.14. The fourth-order valence-electron chi connectivity index (χ4n) is 1.88. The van der Waals surface area contributed by atoms with Crippen LogP contribution in [0.4, 0.5) is 5.82 Å². The molecule has 2 rings (SSSR count). The van der Waals surface area contributed by atoms with Gasteiger partial charge in [0.15, 0.2) is 5.78 Å². The molecule has 0 radical (unpaired) electrons. The van der Waals surface area contributed by atoms with Crippen LogP contribution in [0.25, 0.3) is 0 Å². The molecule has 0 aliphatic heterocycles. The molecule has 3 heteroatoms. The Morgan fingerprint density at radius 2 is 1.95 bits per heavy atom. The number of aryl methyl sites for hydroxylation is 1. The van der Waals surface area contributed by atoms with Crippen LogP contribution in [0.2, 0.25) is 0 Å². The van der Waals surface area contributed by atoms with Crippen LogP contribution in [0.3, 0.4) is 0 Å². The van der Waals surface area contributed by atoms with Crippen molar-refractivity contribution in [3.63, 3.8) is 0 Å². The predicted octanol–water partition coefficient (Wildman–Crippen LogP) is 3.44. The molecule has 0 amide bonds. The summed E-state index contributed by atoms with van der Waals surface area (Å²) in [4.78, 5) is 16.6. The maximum Gasteiger partial charge on any atom is 0.194 e. The van der Waals surface area contributed by atoms with Crippen molar-refractivity contribution in [2.45, 2.75) is 20.3 Å². The molecule has 0 aliphatic rings. The van der Waals surface area contributed by atoms with Crippen LogP contribution in [0.5, 0.6) is 0 Å². The van der Waals surface area contributed by atoms with Crippen LogP contribution in [-0.2, 0) is 0 Å². The maximum absolute atomic E-state index is 12.3. The quantitative estimate of drug-likeness (QED) is 0.831. The van der Waals surface area contributed by atoms with E-state index < -0.39 is 0 Å². The van der Waals surface area contributed by atoms with E-state index in [2.05, 4.69) is 17.2 Å². The number of aromatic nitrogens is 1. The third kappa shape index (κ3) is 3.19. The van der Waals surface area contributed by atoms with Gasteiger partial charge < -0.3 is 5.32 Å². The van der Waals surface area contributed by atoms with Crippen LogP contribution in [0, 0.1) is 6.92 Å². The van der Waals surface area contributed by atoms with E-state index >= 15 is 0 Å². The molecule has 2 aromatic rings. The molecular formula is C16H18N2O. The van der Waals surface area contributed by atoms with Gasteiger partial charge in [0.25, 0.3) is 0 Å². The third-order valence-electron chi connectivity index (χ3n) is 2.92. The summed E-state index contributed by atoms with van der Waals surface area (Å²) in [6.07, 6.45) is 2.69. The lowest BCUT2D eigenvalue weighted by atomic mass is 10.0. The molecule has 0 saturated carbocycles. The van der Waals surface area contributed by atoms with E-state index in [1.54, 1.807) is 6.20 Å². The molecule has 0 saturated heterocycles. The standard InChI is InChI=1S/C16H18N2O/c1-3-9-17-16-12(2)10-14(11-18-16)15(19)13-7-5-4-6-8-13/h4-8,10-11H,3,9H2,1-2H3,(H,17,18).